The van der Waals surface area contributed by atoms with Crippen LogP contribution >= 0.6 is 0 Å². The van der Waals surface area contributed by atoms with Gasteiger partial charge in [0, 0.05) is 6.20 Å². The molecule has 1 amide bonds. The van der Waals surface area contributed by atoms with Crippen LogP contribution in [-0.4, -0.2) is 41.1 Å². The molecule has 0 aliphatic carbocycles. The predicted octanol–water partition coefficient (Wildman–Crippen LogP) is 1.70. The fourth-order valence-corrected chi connectivity index (χ4v) is 2.15. The lowest BCUT2D eigenvalue weighted by Crippen LogP contribution is -2.14. The highest BCUT2D eigenvalue weighted by Crippen LogP contribution is 2.12. The zero-order chi connectivity index (χ0) is 17.1. The van der Waals surface area contributed by atoms with Crippen LogP contribution in [0.4, 0.5) is 5.95 Å². The van der Waals surface area contributed by atoms with Crippen LogP contribution in [0.25, 0.3) is 17.2 Å². The van der Waals surface area contributed by atoms with Gasteiger partial charge in [-0.05, 0) is 24.3 Å². The Morgan fingerprint density at radius 3 is 2.72 bits per heavy atom. The van der Waals surface area contributed by atoms with Crippen LogP contribution in [0.5, 0.6) is 0 Å². The Balaban J connectivity index is 1.50. The van der Waals surface area contributed by atoms with Crippen molar-refractivity contribution in [2.24, 2.45) is 0 Å². The monoisotopic (exact) mass is 332 g/mol. The number of hydrogen-bond acceptors (Lipinski definition) is 6. The summed E-state index contributed by atoms with van der Waals surface area (Å²) in [5.41, 5.74) is 1.55. The Kier molecular flexibility index (Phi) is 3.71. The van der Waals surface area contributed by atoms with Crippen molar-refractivity contribution in [3.05, 3.63) is 66.6 Å². The van der Waals surface area contributed by atoms with Crippen LogP contribution in [0.15, 0.2) is 60.9 Å². The average Bonchev–Trinajstić information content (AvgIpc) is 3.33. The van der Waals surface area contributed by atoms with Crippen molar-refractivity contribution in [1.82, 2.24) is 35.2 Å². The van der Waals surface area contributed by atoms with Gasteiger partial charge in [-0.25, -0.2) is 0 Å². The van der Waals surface area contributed by atoms with Gasteiger partial charge >= 0.3 is 0 Å². The summed E-state index contributed by atoms with van der Waals surface area (Å²) in [5.74, 6) is 0.150. The molecule has 0 bridgehead atoms. The van der Waals surface area contributed by atoms with Gasteiger partial charge < -0.3 is 0 Å². The van der Waals surface area contributed by atoms with Gasteiger partial charge in [-0.15, -0.1) is 10.2 Å². The van der Waals surface area contributed by atoms with Crippen LogP contribution < -0.4 is 5.32 Å². The molecule has 0 spiro atoms. The van der Waals surface area contributed by atoms with E-state index in [1.165, 1.54) is 11.0 Å². The number of pyridine rings is 1. The SMILES string of the molecule is O=C(Nc1n[nH]c(-c2ccccn2)n1)c1cnn(-c2ccccc2)n1. The van der Waals surface area contributed by atoms with E-state index in [0.29, 0.717) is 11.5 Å². The maximum absolute atomic E-state index is 12.3. The van der Waals surface area contributed by atoms with E-state index in [4.69, 9.17) is 0 Å². The van der Waals surface area contributed by atoms with Crippen LogP contribution in [0.2, 0.25) is 0 Å². The standard InChI is InChI=1S/C16H12N8O/c25-15(13-10-18-24(23-13)11-6-2-1-3-7-11)20-16-19-14(21-22-16)12-8-4-5-9-17-12/h1-10H,(H2,19,20,21,22,25). The van der Waals surface area contributed by atoms with Crippen molar-refractivity contribution in [1.29, 1.82) is 0 Å². The third-order valence-electron chi connectivity index (χ3n) is 3.33. The van der Waals surface area contributed by atoms with Gasteiger partial charge in [-0.1, -0.05) is 24.3 Å². The Labute approximate surface area is 141 Å². The number of H-pyrrole nitrogens is 1. The molecule has 0 saturated carbocycles. The molecule has 3 heterocycles. The molecule has 0 radical (unpaired) electrons. The number of hydrogen-bond donors (Lipinski definition) is 2. The number of aromatic amines is 1. The molecule has 122 valence electrons. The second-order valence-corrected chi connectivity index (χ2v) is 5.03. The summed E-state index contributed by atoms with van der Waals surface area (Å²) in [6, 6.07) is 14.7. The van der Waals surface area contributed by atoms with Gasteiger partial charge in [-0.2, -0.15) is 14.9 Å². The second kappa shape index (κ2) is 6.32. The average molecular weight is 332 g/mol. The van der Waals surface area contributed by atoms with E-state index >= 15 is 0 Å². The maximum Gasteiger partial charge on any atom is 0.280 e. The van der Waals surface area contributed by atoms with Crippen molar-refractivity contribution in [2.75, 3.05) is 5.32 Å². The van der Waals surface area contributed by atoms with E-state index in [-0.39, 0.29) is 11.6 Å². The largest absolute Gasteiger partial charge is 0.288 e. The van der Waals surface area contributed by atoms with Gasteiger partial charge in [0.2, 0.25) is 5.95 Å². The van der Waals surface area contributed by atoms with Crippen molar-refractivity contribution in [2.45, 2.75) is 0 Å². The molecule has 0 aliphatic heterocycles. The highest BCUT2D eigenvalue weighted by Gasteiger charge is 2.14. The van der Waals surface area contributed by atoms with E-state index < -0.39 is 5.91 Å². The molecule has 1 aromatic carbocycles. The number of rotatable bonds is 4. The molecule has 25 heavy (non-hydrogen) atoms. The number of carbonyl (C=O) groups is 1. The third-order valence-corrected chi connectivity index (χ3v) is 3.33. The molecule has 9 nitrogen and oxygen atoms in total. The molecule has 0 fully saturated rings. The van der Waals surface area contributed by atoms with Gasteiger partial charge in [-0.3, -0.25) is 20.2 Å². The zero-order valence-corrected chi connectivity index (χ0v) is 12.9. The number of nitrogens with one attached hydrogen (secondary N) is 2. The molecule has 0 aliphatic rings. The fraction of sp³-hybridized carbons (Fsp3) is 0. The fourth-order valence-electron chi connectivity index (χ4n) is 2.15. The van der Waals surface area contributed by atoms with Crippen LogP contribution in [0, 0.1) is 0 Å². The molecule has 3 aromatic heterocycles. The van der Waals surface area contributed by atoms with Crippen LogP contribution in [-0.2, 0) is 0 Å². The Hall–Kier alpha value is -3.88. The molecular weight excluding hydrogens is 320 g/mol. The number of nitrogens with zero attached hydrogens (tertiary/aromatic N) is 6. The Bertz CT molecular complexity index is 993. The lowest BCUT2D eigenvalue weighted by molar-refractivity contribution is 0.102. The summed E-state index contributed by atoms with van der Waals surface area (Å²) in [5, 5.41) is 17.5. The summed E-state index contributed by atoms with van der Waals surface area (Å²) in [6.07, 6.45) is 3.03. The van der Waals surface area contributed by atoms with Crippen molar-refractivity contribution in [3.63, 3.8) is 0 Å². The first-order valence-electron chi connectivity index (χ1n) is 7.42. The lowest BCUT2D eigenvalue weighted by atomic mass is 10.3. The van der Waals surface area contributed by atoms with E-state index in [0.717, 1.165) is 5.69 Å². The van der Waals surface area contributed by atoms with E-state index in [1.807, 2.05) is 36.4 Å². The predicted molar refractivity (Wildman–Crippen MR) is 88.9 cm³/mol. The molecule has 2 N–H and O–H groups in total. The normalized spacial score (nSPS) is 10.6. The third kappa shape index (κ3) is 3.11. The summed E-state index contributed by atoms with van der Waals surface area (Å²) < 4.78 is 0. The maximum atomic E-state index is 12.3. The number of carbonyl (C=O) groups excluding carboxylic acids is 1. The molecule has 9 heteroatoms. The minimum absolute atomic E-state index is 0.139. The minimum atomic E-state index is -0.450. The number of benzene rings is 1. The van der Waals surface area contributed by atoms with Crippen molar-refractivity contribution in [3.8, 4) is 17.2 Å². The topological polar surface area (TPSA) is 114 Å². The summed E-state index contributed by atoms with van der Waals surface area (Å²) >= 11 is 0. The zero-order valence-electron chi connectivity index (χ0n) is 12.9. The smallest absolute Gasteiger partial charge is 0.280 e. The lowest BCUT2D eigenvalue weighted by Gasteiger charge is -1.98. The van der Waals surface area contributed by atoms with Gasteiger partial charge in [0.25, 0.3) is 5.91 Å². The highest BCUT2D eigenvalue weighted by molar-refractivity contribution is 6.01. The molecule has 4 rings (SSSR count). The first kappa shape index (κ1) is 14.7. The van der Waals surface area contributed by atoms with Gasteiger partial charge in [0.1, 0.15) is 5.69 Å². The van der Waals surface area contributed by atoms with E-state index in [1.54, 1.807) is 18.3 Å². The minimum Gasteiger partial charge on any atom is -0.288 e. The number of para-hydroxylation sites is 1. The molecule has 0 saturated heterocycles. The van der Waals surface area contributed by atoms with E-state index in [9.17, 15) is 4.79 Å². The number of aromatic nitrogens is 7. The molecular formula is C16H12N8O. The Morgan fingerprint density at radius 2 is 1.92 bits per heavy atom. The second-order valence-electron chi connectivity index (χ2n) is 5.03. The highest BCUT2D eigenvalue weighted by atomic mass is 16.2. The van der Waals surface area contributed by atoms with Crippen molar-refractivity contribution < 1.29 is 4.79 Å². The number of anilines is 1. The quantitative estimate of drug-likeness (QED) is 0.588. The number of amides is 1. The van der Waals surface area contributed by atoms with Gasteiger partial charge in [0.15, 0.2) is 11.5 Å². The van der Waals surface area contributed by atoms with Crippen molar-refractivity contribution >= 4 is 11.9 Å². The summed E-state index contributed by atoms with van der Waals surface area (Å²) in [7, 11) is 0. The molecule has 0 atom stereocenters. The molecule has 0 unspecified atom stereocenters. The summed E-state index contributed by atoms with van der Waals surface area (Å²) in [6.45, 7) is 0. The first-order valence-corrected chi connectivity index (χ1v) is 7.42. The van der Waals surface area contributed by atoms with Gasteiger partial charge in [0.05, 0.1) is 11.9 Å². The van der Waals surface area contributed by atoms with E-state index in [2.05, 4.69) is 35.7 Å². The molecule has 4 aromatic rings. The van der Waals surface area contributed by atoms with Crippen LogP contribution in [0.1, 0.15) is 10.5 Å². The Morgan fingerprint density at radius 1 is 1.08 bits per heavy atom. The summed E-state index contributed by atoms with van der Waals surface area (Å²) in [4.78, 5) is 22.0. The van der Waals surface area contributed by atoms with Crippen LogP contribution in [0.3, 0.4) is 0 Å². The first-order chi connectivity index (χ1) is 12.3.